The Balaban J connectivity index is 2.36. The van der Waals surface area contributed by atoms with Gasteiger partial charge >= 0.3 is 12.1 Å². The standard InChI is InChI=1S/C12H14F3NO/c1-9(16-11(17)12(13,14)15)7-8-10-5-3-2-4-6-10/h2-6,9H,7-8H2,1H3,(H,16,17)/t9-/m1/s1. The first kappa shape index (κ1) is 13.5. The summed E-state index contributed by atoms with van der Waals surface area (Å²) < 4.78 is 35.9. The maximum Gasteiger partial charge on any atom is 0.471 e. The second-order valence-electron chi connectivity index (χ2n) is 3.90. The molecule has 0 aromatic heterocycles. The number of aryl methyl sites for hydroxylation is 1. The van der Waals surface area contributed by atoms with Gasteiger partial charge < -0.3 is 5.32 Å². The third kappa shape index (κ3) is 4.89. The predicted molar refractivity (Wildman–Crippen MR) is 58.4 cm³/mol. The van der Waals surface area contributed by atoms with Crippen LogP contribution in [-0.4, -0.2) is 18.1 Å². The SMILES string of the molecule is C[C@H](CCc1ccccc1)NC(=O)C(F)(F)F. The third-order valence-electron chi connectivity index (χ3n) is 2.34. The van der Waals surface area contributed by atoms with E-state index in [1.54, 1.807) is 6.92 Å². The maximum atomic E-state index is 12.0. The quantitative estimate of drug-likeness (QED) is 0.868. The van der Waals surface area contributed by atoms with Crippen LogP contribution in [0.5, 0.6) is 0 Å². The van der Waals surface area contributed by atoms with Gasteiger partial charge in [-0.15, -0.1) is 0 Å². The van der Waals surface area contributed by atoms with Crippen molar-refractivity contribution in [2.24, 2.45) is 0 Å². The highest BCUT2D eigenvalue weighted by Crippen LogP contribution is 2.15. The minimum atomic E-state index is -4.80. The first-order valence-electron chi connectivity index (χ1n) is 5.31. The third-order valence-corrected chi connectivity index (χ3v) is 2.34. The molecular formula is C12H14F3NO. The Morgan fingerprint density at radius 1 is 1.29 bits per heavy atom. The molecule has 0 fully saturated rings. The van der Waals surface area contributed by atoms with E-state index in [1.807, 2.05) is 35.6 Å². The Labute approximate surface area is 97.8 Å². The summed E-state index contributed by atoms with van der Waals surface area (Å²) in [6, 6.07) is 8.92. The van der Waals surface area contributed by atoms with E-state index >= 15 is 0 Å². The summed E-state index contributed by atoms with van der Waals surface area (Å²) in [6.45, 7) is 1.56. The van der Waals surface area contributed by atoms with Crippen LogP contribution in [0.15, 0.2) is 30.3 Å². The van der Waals surface area contributed by atoms with Crippen molar-refractivity contribution in [2.45, 2.75) is 32.0 Å². The zero-order chi connectivity index (χ0) is 12.9. The Morgan fingerprint density at radius 3 is 2.41 bits per heavy atom. The van der Waals surface area contributed by atoms with Gasteiger partial charge in [-0.2, -0.15) is 13.2 Å². The number of hydrogen-bond donors (Lipinski definition) is 1. The minimum Gasteiger partial charge on any atom is -0.346 e. The number of rotatable bonds is 4. The molecule has 5 heteroatoms. The summed E-state index contributed by atoms with van der Waals surface area (Å²) in [6.07, 6.45) is -3.69. The number of alkyl halides is 3. The molecule has 1 aromatic rings. The lowest BCUT2D eigenvalue weighted by molar-refractivity contribution is -0.174. The van der Waals surface area contributed by atoms with Crippen LogP contribution in [0.4, 0.5) is 13.2 Å². The zero-order valence-corrected chi connectivity index (χ0v) is 9.42. The molecule has 1 aromatic carbocycles. The van der Waals surface area contributed by atoms with Crippen LogP contribution in [0.25, 0.3) is 0 Å². The molecule has 0 aliphatic heterocycles. The van der Waals surface area contributed by atoms with Crippen molar-refractivity contribution in [3.05, 3.63) is 35.9 Å². The molecule has 0 radical (unpaired) electrons. The number of nitrogens with one attached hydrogen (secondary N) is 1. The lowest BCUT2D eigenvalue weighted by Gasteiger charge is -2.15. The summed E-state index contributed by atoms with van der Waals surface area (Å²) in [4.78, 5) is 10.7. The number of amides is 1. The Bertz CT molecular complexity index is 362. The number of carbonyl (C=O) groups is 1. The molecule has 0 saturated heterocycles. The van der Waals surface area contributed by atoms with Crippen molar-refractivity contribution < 1.29 is 18.0 Å². The number of benzene rings is 1. The molecule has 17 heavy (non-hydrogen) atoms. The highest BCUT2D eigenvalue weighted by Gasteiger charge is 2.39. The molecule has 0 spiro atoms. The van der Waals surface area contributed by atoms with E-state index in [9.17, 15) is 18.0 Å². The van der Waals surface area contributed by atoms with Crippen LogP contribution in [0.3, 0.4) is 0 Å². The summed E-state index contributed by atoms with van der Waals surface area (Å²) in [5, 5.41) is 1.93. The van der Waals surface area contributed by atoms with Gasteiger partial charge in [-0.05, 0) is 25.3 Å². The van der Waals surface area contributed by atoms with Gasteiger partial charge in [0, 0.05) is 6.04 Å². The van der Waals surface area contributed by atoms with Crippen LogP contribution in [0, 0.1) is 0 Å². The van der Waals surface area contributed by atoms with Gasteiger partial charge in [0.15, 0.2) is 0 Å². The van der Waals surface area contributed by atoms with E-state index in [0.717, 1.165) is 5.56 Å². The van der Waals surface area contributed by atoms with E-state index in [-0.39, 0.29) is 0 Å². The van der Waals surface area contributed by atoms with Crippen molar-refractivity contribution in [3.63, 3.8) is 0 Å². The van der Waals surface area contributed by atoms with Gasteiger partial charge in [0.1, 0.15) is 0 Å². The summed E-state index contributed by atoms with van der Waals surface area (Å²) in [5.74, 6) is -1.88. The second kappa shape index (κ2) is 5.70. The van der Waals surface area contributed by atoms with Gasteiger partial charge in [-0.1, -0.05) is 30.3 Å². The molecule has 0 saturated carbocycles. The van der Waals surface area contributed by atoms with Crippen LogP contribution >= 0.6 is 0 Å². The smallest absolute Gasteiger partial charge is 0.346 e. The maximum absolute atomic E-state index is 12.0. The van der Waals surface area contributed by atoms with Gasteiger partial charge in [0.05, 0.1) is 0 Å². The van der Waals surface area contributed by atoms with Crippen molar-refractivity contribution in [3.8, 4) is 0 Å². The van der Waals surface area contributed by atoms with Crippen molar-refractivity contribution in [1.82, 2.24) is 5.32 Å². The monoisotopic (exact) mass is 245 g/mol. The average molecular weight is 245 g/mol. The van der Waals surface area contributed by atoms with Crippen LogP contribution < -0.4 is 5.32 Å². The first-order chi connectivity index (χ1) is 7.89. The number of hydrogen-bond acceptors (Lipinski definition) is 1. The van der Waals surface area contributed by atoms with Gasteiger partial charge in [0.25, 0.3) is 0 Å². The van der Waals surface area contributed by atoms with Gasteiger partial charge in [-0.3, -0.25) is 4.79 Å². The van der Waals surface area contributed by atoms with E-state index in [1.165, 1.54) is 0 Å². The van der Waals surface area contributed by atoms with E-state index in [2.05, 4.69) is 0 Å². The lowest BCUT2D eigenvalue weighted by atomic mass is 10.1. The molecular weight excluding hydrogens is 231 g/mol. The molecule has 1 atom stereocenters. The molecule has 1 rings (SSSR count). The number of carbonyl (C=O) groups excluding carboxylic acids is 1. The molecule has 0 aliphatic rings. The Morgan fingerprint density at radius 2 is 1.88 bits per heavy atom. The fourth-order valence-electron chi connectivity index (χ4n) is 1.41. The fraction of sp³-hybridized carbons (Fsp3) is 0.417. The van der Waals surface area contributed by atoms with Crippen molar-refractivity contribution >= 4 is 5.91 Å². The van der Waals surface area contributed by atoms with Crippen LogP contribution in [-0.2, 0) is 11.2 Å². The normalized spacial score (nSPS) is 13.2. The fourth-order valence-corrected chi connectivity index (χ4v) is 1.41. The molecule has 1 N–H and O–H groups in total. The Hall–Kier alpha value is -1.52. The van der Waals surface area contributed by atoms with Gasteiger partial charge in [-0.25, -0.2) is 0 Å². The second-order valence-corrected chi connectivity index (χ2v) is 3.90. The molecule has 1 amide bonds. The predicted octanol–water partition coefficient (Wildman–Crippen LogP) is 2.69. The van der Waals surface area contributed by atoms with Crippen molar-refractivity contribution in [2.75, 3.05) is 0 Å². The van der Waals surface area contributed by atoms with E-state index < -0.39 is 18.1 Å². The molecule has 0 aliphatic carbocycles. The van der Waals surface area contributed by atoms with Crippen LogP contribution in [0.1, 0.15) is 18.9 Å². The Kier molecular flexibility index (Phi) is 4.54. The molecule has 94 valence electrons. The lowest BCUT2D eigenvalue weighted by Crippen LogP contribution is -2.42. The van der Waals surface area contributed by atoms with Crippen molar-refractivity contribution in [1.29, 1.82) is 0 Å². The van der Waals surface area contributed by atoms with E-state index in [4.69, 9.17) is 0 Å². The topological polar surface area (TPSA) is 29.1 Å². The molecule has 0 unspecified atom stereocenters. The summed E-state index contributed by atoms with van der Waals surface area (Å²) in [5.41, 5.74) is 1.04. The summed E-state index contributed by atoms with van der Waals surface area (Å²) in [7, 11) is 0. The van der Waals surface area contributed by atoms with Crippen LogP contribution in [0.2, 0.25) is 0 Å². The van der Waals surface area contributed by atoms with Gasteiger partial charge in [0.2, 0.25) is 0 Å². The highest BCUT2D eigenvalue weighted by atomic mass is 19.4. The largest absolute Gasteiger partial charge is 0.471 e. The highest BCUT2D eigenvalue weighted by molar-refractivity contribution is 5.81. The molecule has 0 heterocycles. The number of halogens is 3. The zero-order valence-electron chi connectivity index (χ0n) is 9.42. The van der Waals surface area contributed by atoms with E-state index in [0.29, 0.717) is 12.8 Å². The summed E-state index contributed by atoms with van der Waals surface area (Å²) >= 11 is 0. The average Bonchev–Trinajstić information content (AvgIpc) is 2.26. The molecule has 0 bridgehead atoms. The first-order valence-corrected chi connectivity index (χ1v) is 5.31. The molecule has 2 nitrogen and oxygen atoms in total. The minimum absolute atomic E-state index is 0.478.